The lowest BCUT2D eigenvalue weighted by Crippen LogP contribution is -2.50. The van der Waals surface area contributed by atoms with Crippen molar-refractivity contribution in [1.29, 1.82) is 0 Å². The first kappa shape index (κ1) is 34.7. The summed E-state index contributed by atoms with van der Waals surface area (Å²) in [5.41, 5.74) is 8.71. The third kappa shape index (κ3) is 7.62. The molecule has 0 spiro atoms. The van der Waals surface area contributed by atoms with E-state index in [4.69, 9.17) is 29.2 Å². The van der Waals surface area contributed by atoms with Crippen LogP contribution in [0.15, 0.2) is 17.6 Å². The number of aromatic amines is 1. The van der Waals surface area contributed by atoms with Gasteiger partial charge in [-0.3, -0.25) is 4.90 Å². The van der Waals surface area contributed by atoms with E-state index in [1.165, 1.54) is 11.2 Å². The number of ether oxygens (including phenoxy) is 5. The van der Waals surface area contributed by atoms with Crippen LogP contribution in [-0.2, 0) is 28.5 Å². The lowest BCUT2D eigenvalue weighted by atomic mass is 9.99. The number of hydrogen-bond acceptors (Lipinski definition) is 11. The smallest absolute Gasteiger partial charge is 0.411 e. The van der Waals surface area contributed by atoms with Gasteiger partial charge in [0.05, 0.1) is 23.1 Å². The van der Waals surface area contributed by atoms with E-state index < -0.39 is 65.5 Å². The Hall–Kier alpha value is -4.14. The molecule has 2 saturated heterocycles. The zero-order valence-electron chi connectivity index (χ0n) is 28.0. The number of carbonyl (C=O) groups excluding carboxylic acids is 3. The average molecular weight is 645 g/mol. The molecule has 2 aromatic heterocycles. The van der Waals surface area contributed by atoms with Gasteiger partial charge in [0.25, 0.3) is 0 Å². The number of likely N-dealkylation sites (tertiary alicyclic amines) is 1. The first-order valence-corrected chi connectivity index (χ1v) is 15.3. The molecule has 252 valence electrons. The van der Waals surface area contributed by atoms with Crippen molar-refractivity contribution in [3.8, 4) is 0 Å². The minimum Gasteiger partial charge on any atom is -0.462 e. The molecule has 0 radical (unpaired) electrons. The van der Waals surface area contributed by atoms with E-state index in [1.807, 2.05) is 13.8 Å². The van der Waals surface area contributed by atoms with Gasteiger partial charge in [0.15, 0.2) is 11.6 Å². The highest BCUT2D eigenvalue weighted by atomic mass is 16.8. The molecule has 2 fully saturated rings. The highest BCUT2D eigenvalue weighted by Crippen LogP contribution is 2.49. The third-order valence-electron chi connectivity index (χ3n) is 7.58. The Kier molecular flexibility index (Phi) is 9.76. The number of fused-ring (bicyclic) bond motifs is 2. The van der Waals surface area contributed by atoms with Crippen LogP contribution < -0.4 is 5.32 Å². The standard InChI is InChI=1S/C30H44N8O8/c1-11-15(2)18(35-26(40)45-28(3,4)5)25(39)42-13-17-22-23(44-30(9,10)43-22)21(38(17)27(41)46-29(6,7)8)16-12-32-20-19(16)33-14-34-24(20)36-37-31/h12,14-15,17-18,21-23,32H,11,13H2,1-10H3,(H,35,40)/t15-,17+,18-,21-,22+,23-/m0/s1. The van der Waals surface area contributed by atoms with Crippen LogP contribution >= 0.6 is 0 Å². The minimum atomic E-state index is -1.04. The van der Waals surface area contributed by atoms with Crippen molar-refractivity contribution in [2.24, 2.45) is 11.0 Å². The lowest BCUT2D eigenvalue weighted by molar-refractivity contribution is -0.172. The van der Waals surface area contributed by atoms with Gasteiger partial charge in [-0.15, -0.1) is 0 Å². The molecule has 2 N–H and O–H groups in total. The van der Waals surface area contributed by atoms with Gasteiger partial charge in [0, 0.05) is 16.7 Å². The fraction of sp³-hybridized carbons (Fsp3) is 0.700. The van der Waals surface area contributed by atoms with E-state index in [2.05, 4.69) is 30.3 Å². The van der Waals surface area contributed by atoms with Crippen molar-refractivity contribution >= 4 is 35.0 Å². The van der Waals surface area contributed by atoms with Crippen LogP contribution in [-0.4, -0.2) is 85.9 Å². The lowest BCUT2D eigenvalue weighted by Gasteiger charge is -2.35. The molecule has 0 aromatic carbocycles. The number of H-pyrrole nitrogens is 1. The quantitative estimate of drug-likeness (QED) is 0.120. The van der Waals surface area contributed by atoms with Crippen molar-refractivity contribution in [2.45, 2.75) is 123 Å². The summed E-state index contributed by atoms with van der Waals surface area (Å²) in [6.45, 7) is 17.3. The zero-order valence-corrected chi connectivity index (χ0v) is 28.0. The number of carbonyl (C=O) groups is 3. The largest absolute Gasteiger partial charge is 0.462 e. The van der Waals surface area contributed by atoms with Crippen molar-refractivity contribution < 1.29 is 38.1 Å². The van der Waals surface area contributed by atoms with Crippen LogP contribution in [0.5, 0.6) is 0 Å². The summed E-state index contributed by atoms with van der Waals surface area (Å²) >= 11 is 0. The molecule has 2 aliphatic heterocycles. The Morgan fingerprint density at radius 1 is 1.13 bits per heavy atom. The monoisotopic (exact) mass is 644 g/mol. The second-order valence-corrected chi connectivity index (χ2v) is 14.0. The summed E-state index contributed by atoms with van der Waals surface area (Å²) in [5, 5.41) is 6.29. The average Bonchev–Trinajstić information content (AvgIpc) is 3.57. The zero-order chi connectivity index (χ0) is 34.2. The highest BCUT2D eigenvalue weighted by Gasteiger charge is 2.61. The Morgan fingerprint density at radius 2 is 1.78 bits per heavy atom. The molecular weight excluding hydrogens is 600 g/mol. The summed E-state index contributed by atoms with van der Waals surface area (Å²) in [7, 11) is 0. The molecule has 2 amide bonds. The number of aromatic nitrogens is 3. The second kappa shape index (κ2) is 12.9. The van der Waals surface area contributed by atoms with E-state index in [0.29, 0.717) is 23.0 Å². The van der Waals surface area contributed by atoms with E-state index in [-0.39, 0.29) is 18.3 Å². The fourth-order valence-electron chi connectivity index (χ4n) is 5.60. The van der Waals surface area contributed by atoms with Gasteiger partial charge >= 0.3 is 18.2 Å². The predicted molar refractivity (Wildman–Crippen MR) is 165 cm³/mol. The number of azide groups is 1. The maximum absolute atomic E-state index is 14.0. The van der Waals surface area contributed by atoms with Crippen LogP contribution in [0, 0.1) is 5.92 Å². The molecule has 0 saturated carbocycles. The summed E-state index contributed by atoms with van der Waals surface area (Å²) in [6.07, 6.45) is 0.556. The molecule has 2 aliphatic rings. The normalized spacial score (nSPS) is 23.7. The fourth-order valence-corrected chi connectivity index (χ4v) is 5.60. The Balaban J connectivity index is 1.72. The van der Waals surface area contributed by atoms with Gasteiger partial charge in [-0.2, -0.15) is 0 Å². The number of nitrogens with zero attached hydrogens (tertiary/aromatic N) is 6. The summed E-state index contributed by atoms with van der Waals surface area (Å²) in [5.74, 6) is -1.93. The van der Waals surface area contributed by atoms with Crippen LogP contribution in [0.1, 0.15) is 87.3 Å². The van der Waals surface area contributed by atoms with E-state index in [1.54, 1.807) is 61.6 Å². The SMILES string of the molecule is CC[C@H](C)[C@H](NC(=O)OC(C)(C)C)C(=O)OC[C@@H]1[C@H]2OC(C)(C)O[C@H]2[C@H](c2c[nH]c3c(N=[N+]=[N-])ncnc23)N1C(=O)OC(C)(C)C. The molecule has 16 nitrogen and oxygen atoms in total. The van der Waals surface area contributed by atoms with Gasteiger partial charge in [0.2, 0.25) is 0 Å². The topological polar surface area (TPSA) is 203 Å². The Bertz CT molecular complexity index is 1510. The molecule has 4 heterocycles. The molecular formula is C30H44N8O8. The first-order valence-electron chi connectivity index (χ1n) is 15.3. The van der Waals surface area contributed by atoms with Crippen molar-refractivity contribution in [1.82, 2.24) is 25.2 Å². The predicted octanol–water partition coefficient (Wildman–Crippen LogP) is 5.56. The molecule has 0 unspecified atom stereocenters. The molecule has 2 aromatic rings. The summed E-state index contributed by atoms with van der Waals surface area (Å²) < 4.78 is 29.7. The van der Waals surface area contributed by atoms with Gasteiger partial charge in [-0.25, -0.2) is 24.4 Å². The first-order chi connectivity index (χ1) is 21.4. The third-order valence-corrected chi connectivity index (χ3v) is 7.58. The highest BCUT2D eigenvalue weighted by molar-refractivity contribution is 5.88. The van der Waals surface area contributed by atoms with Gasteiger partial charge < -0.3 is 34.0 Å². The Labute approximate surface area is 267 Å². The van der Waals surface area contributed by atoms with Crippen molar-refractivity contribution in [3.05, 3.63) is 28.5 Å². The number of nitrogens with one attached hydrogen (secondary N) is 2. The number of esters is 1. The van der Waals surface area contributed by atoms with E-state index in [0.717, 1.165) is 0 Å². The van der Waals surface area contributed by atoms with Crippen molar-refractivity contribution in [2.75, 3.05) is 6.61 Å². The van der Waals surface area contributed by atoms with Crippen molar-refractivity contribution in [3.63, 3.8) is 0 Å². The van der Waals surface area contributed by atoms with Crippen LogP contribution in [0.25, 0.3) is 21.5 Å². The number of alkyl carbamates (subject to hydrolysis) is 1. The number of hydrogen-bond donors (Lipinski definition) is 2. The van der Waals surface area contributed by atoms with Gasteiger partial charge in [-0.05, 0) is 72.0 Å². The van der Waals surface area contributed by atoms with Crippen LogP contribution in [0.4, 0.5) is 15.4 Å². The maximum Gasteiger partial charge on any atom is 0.411 e. The molecule has 0 bridgehead atoms. The molecule has 16 heteroatoms. The molecule has 6 atom stereocenters. The van der Waals surface area contributed by atoms with E-state index >= 15 is 0 Å². The minimum absolute atomic E-state index is 0.0834. The second-order valence-electron chi connectivity index (χ2n) is 14.0. The summed E-state index contributed by atoms with van der Waals surface area (Å²) in [4.78, 5) is 55.9. The Morgan fingerprint density at radius 3 is 2.39 bits per heavy atom. The molecule has 0 aliphatic carbocycles. The van der Waals surface area contributed by atoms with Gasteiger partial charge in [-0.1, -0.05) is 20.3 Å². The number of amides is 2. The molecule has 4 rings (SSSR count). The van der Waals surface area contributed by atoms with E-state index in [9.17, 15) is 14.4 Å². The summed E-state index contributed by atoms with van der Waals surface area (Å²) in [6, 6.07) is -2.69. The number of rotatable bonds is 8. The van der Waals surface area contributed by atoms with Crippen LogP contribution in [0.3, 0.4) is 0 Å². The van der Waals surface area contributed by atoms with Gasteiger partial charge in [0.1, 0.15) is 42.4 Å². The van der Waals surface area contributed by atoms with Crippen LogP contribution in [0.2, 0.25) is 0 Å². The molecule has 46 heavy (non-hydrogen) atoms. The maximum atomic E-state index is 14.0.